The summed E-state index contributed by atoms with van der Waals surface area (Å²) in [5.41, 5.74) is 5.81. The molecular weight excluding hydrogens is 511 g/mol. The summed E-state index contributed by atoms with van der Waals surface area (Å²) < 4.78 is 50.9. The number of pyridine rings is 1. The van der Waals surface area contributed by atoms with Gasteiger partial charge < -0.3 is 4.74 Å². The molecule has 0 bridgehead atoms. The number of fused-ring (bicyclic) bond motifs is 1. The molecule has 2 aromatic heterocycles. The fourth-order valence-electron chi connectivity index (χ4n) is 6.72. The van der Waals surface area contributed by atoms with E-state index in [0.717, 1.165) is 45.2 Å². The maximum absolute atomic E-state index is 14.2. The van der Waals surface area contributed by atoms with Crippen molar-refractivity contribution >= 4 is 5.52 Å². The zero-order valence-corrected chi connectivity index (χ0v) is 23.2. The number of nitrogens with zero attached hydrogens (tertiary/aromatic N) is 5. The van der Waals surface area contributed by atoms with Crippen LogP contribution in [0.1, 0.15) is 62.6 Å². The summed E-state index contributed by atoms with van der Waals surface area (Å²) >= 11 is 0. The summed E-state index contributed by atoms with van der Waals surface area (Å²) in [7, 11) is 3.71. The molecule has 0 radical (unpaired) electrons. The van der Waals surface area contributed by atoms with Gasteiger partial charge in [-0.1, -0.05) is 6.92 Å². The number of alkyl halides is 3. The van der Waals surface area contributed by atoms with Crippen molar-refractivity contribution in [3.63, 3.8) is 0 Å². The van der Waals surface area contributed by atoms with E-state index < -0.39 is 17.4 Å². The van der Waals surface area contributed by atoms with Crippen molar-refractivity contribution < 1.29 is 17.9 Å². The van der Waals surface area contributed by atoms with E-state index in [1.807, 2.05) is 7.05 Å². The molecule has 12 heteroatoms. The average Bonchev–Trinajstić information content (AvgIpc) is 3.46. The molecule has 1 saturated carbocycles. The highest BCUT2D eigenvalue weighted by molar-refractivity contribution is 5.56. The van der Waals surface area contributed by atoms with Gasteiger partial charge in [0.25, 0.3) is 0 Å². The van der Waals surface area contributed by atoms with Crippen LogP contribution in [0.2, 0.25) is 0 Å². The van der Waals surface area contributed by atoms with Crippen LogP contribution in [0, 0.1) is 5.92 Å². The van der Waals surface area contributed by atoms with Crippen LogP contribution in [0.5, 0.6) is 0 Å². The van der Waals surface area contributed by atoms with Crippen molar-refractivity contribution in [2.45, 2.75) is 76.5 Å². The van der Waals surface area contributed by atoms with Gasteiger partial charge in [0.2, 0.25) is 0 Å². The van der Waals surface area contributed by atoms with Gasteiger partial charge in [0.05, 0.1) is 24.4 Å². The summed E-state index contributed by atoms with van der Waals surface area (Å²) in [6.07, 6.45) is 3.97. The Kier molecular flexibility index (Phi) is 8.70. The van der Waals surface area contributed by atoms with E-state index in [4.69, 9.17) is 4.74 Å². The molecule has 218 valence electrons. The Balaban J connectivity index is 1.44. The molecule has 0 amide bonds. The number of hydrogen-bond acceptors (Lipinski definition) is 7. The van der Waals surface area contributed by atoms with E-state index in [1.165, 1.54) is 16.7 Å². The maximum atomic E-state index is 14.2. The van der Waals surface area contributed by atoms with Gasteiger partial charge in [0.15, 0.2) is 0 Å². The zero-order chi connectivity index (χ0) is 27.7. The lowest BCUT2D eigenvalue weighted by Gasteiger charge is -2.42. The van der Waals surface area contributed by atoms with Gasteiger partial charge in [0, 0.05) is 51.2 Å². The Morgan fingerprint density at radius 1 is 1.18 bits per heavy atom. The number of nitrogens with one attached hydrogen (secondary N) is 2. The molecule has 4 atom stereocenters. The smallest absolute Gasteiger partial charge is 0.383 e. The first-order valence-corrected chi connectivity index (χ1v) is 14.1. The van der Waals surface area contributed by atoms with Crippen LogP contribution < -0.4 is 16.5 Å². The molecule has 2 saturated heterocycles. The number of hydrazine groups is 1. The second-order valence-corrected chi connectivity index (χ2v) is 11.6. The van der Waals surface area contributed by atoms with Crippen LogP contribution in [0.15, 0.2) is 23.3 Å². The number of likely N-dealkylation sites (tertiary alicyclic amines) is 1. The summed E-state index contributed by atoms with van der Waals surface area (Å²) in [6, 6.07) is 1.23. The molecule has 3 fully saturated rings. The zero-order valence-electron chi connectivity index (χ0n) is 23.2. The third kappa shape index (κ3) is 6.20. The quantitative estimate of drug-likeness (QED) is 0.521. The number of rotatable bonds is 8. The summed E-state index contributed by atoms with van der Waals surface area (Å²) in [5.74, 6) is 0.520. The molecule has 2 aromatic rings. The topological polar surface area (TPSA) is 69.4 Å². The first kappa shape index (κ1) is 28.6. The molecule has 0 spiro atoms. The number of halogens is 3. The molecule has 3 aliphatic rings. The predicted octanol–water partition coefficient (Wildman–Crippen LogP) is 3.06. The standard InChI is InChI=1S/C27H42F3N7O2/c1-19-6-5-9-34(14-19)15-20-12-23(27(28,29)30)24-17-36(26(38)37(24)16-20)22-8-4-7-21(13-22)35(10-11-39-3)25-32-31-18-33(25)2/h12,16-17,19,21-22,25,31-32H,4-11,13-15,18H2,1-3H3/t19-,21?,22?,25?/m0/s1. The third-order valence-corrected chi connectivity index (χ3v) is 8.63. The second-order valence-electron chi connectivity index (χ2n) is 11.6. The molecule has 39 heavy (non-hydrogen) atoms. The Bertz CT molecular complexity index is 1180. The molecule has 0 aromatic carbocycles. The van der Waals surface area contributed by atoms with Crippen LogP contribution in [0.25, 0.3) is 5.52 Å². The number of ether oxygens (including phenoxy) is 1. The Hall–Kier alpha value is -1.96. The molecule has 9 nitrogen and oxygen atoms in total. The largest absolute Gasteiger partial charge is 0.418 e. The fraction of sp³-hybridized carbons (Fsp3) is 0.741. The minimum absolute atomic E-state index is 0.0226. The van der Waals surface area contributed by atoms with Crippen molar-refractivity contribution in [3.05, 3.63) is 40.1 Å². The number of imidazole rings is 1. The highest BCUT2D eigenvalue weighted by atomic mass is 19.4. The molecular formula is C27H42F3N7O2. The number of piperidine rings is 1. The van der Waals surface area contributed by atoms with Crippen molar-refractivity contribution in [1.29, 1.82) is 0 Å². The SMILES string of the molecule is COCCN(C1CCCC(n2cc3c(C(F)(F)F)cc(CN4CCC[C@H](C)C4)cn3c2=O)C1)C1NNCN1C. The van der Waals surface area contributed by atoms with E-state index in [2.05, 4.69) is 32.5 Å². The predicted molar refractivity (Wildman–Crippen MR) is 143 cm³/mol. The number of hydrogen-bond donors (Lipinski definition) is 2. The van der Waals surface area contributed by atoms with E-state index in [1.54, 1.807) is 17.9 Å². The van der Waals surface area contributed by atoms with Gasteiger partial charge >= 0.3 is 11.9 Å². The first-order valence-electron chi connectivity index (χ1n) is 14.1. The van der Waals surface area contributed by atoms with Crippen LogP contribution in [-0.2, 0) is 17.5 Å². The lowest BCUT2D eigenvalue weighted by Crippen LogP contribution is -2.56. The van der Waals surface area contributed by atoms with Crippen LogP contribution in [-0.4, -0.2) is 83.1 Å². The molecule has 2 aliphatic heterocycles. The monoisotopic (exact) mass is 553 g/mol. The van der Waals surface area contributed by atoms with Gasteiger partial charge in [-0.25, -0.2) is 15.6 Å². The van der Waals surface area contributed by atoms with Gasteiger partial charge in [-0.3, -0.25) is 23.7 Å². The second kappa shape index (κ2) is 11.9. The average molecular weight is 554 g/mol. The van der Waals surface area contributed by atoms with Crippen molar-refractivity contribution in [1.82, 2.24) is 34.5 Å². The fourth-order valence-corrected chi connectivity index (χ4v) is 6.72. The van der Waals surface area contributed by atoms with E-state index in [9.17, 15) is 18.0 Å². The Morgan fingerprint density at radius 3 is 2.69 bits per heavy atom. The lowest BCUT2D eigenvalue weighted by atomic mass is 9.89. The highest BCUT2D eigenvalue weighted by Gasteiger charge is 2.38. The van der Waals surface area contributed by atoms with Gasteiger partial charge in [-0.2, -0.15) is 13.2 Å². The van der Waals surface area contributed by atoms with Gasteiger partial charge in [0.1, 0.15) is 6.29 Å². The Morgan fingerprint density at radius 2 is 2.00 bits per heavy atom. The van der Waals surface area contributed by atoms with Crippen LogP contribution in [0.3, 0.4) is 0 Å². The lowest BCUT2D eigenvalue weighted by molar-refractivity contribution is -0.136. The van der Waals surface area contributed by atoms with Crippen LogP contribution >= 0.6 is 0 Å². The van der Waals surface area contributed by atoms with Crippen molar-refractivity contribution in [2.24, 2.45) is 5.92 Å². The Labute approximate surface area is 227 Å². The molecule has 1 aliphatic carbocycles. The van der Waals surface area contributed by atoms with E-state index in [-0.39, 0.29) is 23.9 Å². The summed E-state index contributed by atoms with van der Waals surface area (Å²) in [5, 5.41) is 0. The van der Waals surface area contributed by atoms with Crippen molar-refractivity contribution in [2.75, 3.05) is 47.1 Å². The van der Waals surface area contributed by atoms with Gasteiger partial charge in [-0.15, -0.1) is 0 Å². The normalized spacial score (nSPS) is 27.7. The molecule has 3 unspecified atom stereocenters. The minimum atomic E-state index is -4.55. The van der Waals surface area contributed by atoms with E-state index >= 15 is 0 Å². The molecule has 4 heterocycles. The highest BCUT2D eigenvalue weighted by Crippen LogP contribution is 2.36. The van der Waals surface area contributed by atoms with Crippen LogP contribution in [0.4, 0.5) is 13.2 Å². The first-order chi connectivity index (χ1) is 18.7. The molecule has 2 N–H and O–H groups in total. The maximum Gasteiger partial charge on any atom is 0.418 e. The minimum Gasteiger partial charge on any atom is -0.383 e. The summed E-state index contributed by atoms with van der Waals surface area (Å²) in [4.78, 5) is 20.3. The number of methoxy groups -OCH3 is 1. The molecule has 5 rings (SSSR count). The third-order valence-electron chi connectivity index (χ3n) is 8.63. The van der Waals surface area contributed by atoms with E-state index in [0.29, 0.717) is 44.3 Å². The summed E-state index contributed by atoms with van der Waals surface area (Å²) in [6.45, 7) is 6.29. The van der Waals surface area contributed by atoms with Gasteiger partial charge in [-0.05, 0) is 69.7 Å². The van der Waals surface area contributed by atoms with Crippen molar-refractivity contribution in [3.8, 4) is 0 Å². The number of aromatic nitrogens is 2.